The summed E-state index contributed by atoms with van der Waals surface area (Å²) in [7, 11) is 0. The third-order valence-electron chi connectivity index (χ3n) is 1.30. The molecule has 0 radical (unpaired) electrons. The standard InChI is InChI=1S/C6H5N3S/c10-6-4-8-5-3-7-1-2-9(5)6/h1-4,10H. The number of hydrogen-bond acceptors (Lipinski definition) is 3. The summed E-state index contributed by atoms with van der Waals surface area (Å²) in [6.07, 6.45) is 6.92. The van der Waals surface area contributed by atoms with Crippen molar-refractivity contribution in [1.29, 1.82) is 0 Å². The van der Waals surface area contributed by atoms with Crippen LogP contribution in [0.3, 0.4) is 0 Å². The molecule has 0 amide bonds. The Hall–Kier alpha value is -1.03. The third kappa shape index (κ3) is 0.690. The minimum atomic E-state index is 0.826. The first-order valence-corrected chi connectivity index (χ1v) is 3.29. The monoisotopic (exact) mass is 151 g/mol. The zero-order valence-corrected chi connectivity index (χ0v) is 5.99. The van der Waals surface area contributed by atoms with Crippen LogP contribution in [-0.4, -0.2) is 14.4 Å². The molecular weight excluding hydrogens is 146 g/mol. The molecule has 0 saturated heterocycles. The molecule has 4 heteroatoms. The molecular formula is C6H5N3S. The molecule has 2 heterocycles. The molecule has 0 spiro atoms. The molecule has 2 aromatic heterocycles. The molecule has 0 fully saturated rings. The number of imidazole rings is 1. The molecule has 10 heavy (non-hydrogen) atoms. The van der Waals surface area contributed by atoms with Crippen LogP contribution in [0.25, 0.3) is 5.65 Å². The van der Waals surface area contributed by atoms with Crippen LogP contribution in [0.5, 0.6) is 0 Å². The van der Waals surface area contributed by atoms with E-state index in [2.05, 4.69) is 22.6 Å². The maximum atomic E-state index is 4.17. The lowest BCUT2D eigenvalue weighted by Crippen LogP contribution is -1.83. The first kappa shape index (κ1) is 5.73. The number of thiol groups is 1. The van der Waals surface area contributed by atoms with Gasteiger partial charge >= 0.3 is 0 Å². The highest BCUT2D eigenvalue weighted by Gasteiger charge is 1.94. The SMILES string of the molecule is Sc1cnc2cnccn12. The summed E-state index contributed by atoms with van der Waals surface area (Å²) >= 11 is 4.17. The fourth-order valence-corrected chi connectivity index (χ4v) is 1.06. The predicted octanol–water partition coefficient (Wildman–Crippen LogP) is 1.02. The van der Waals surface area contributed by atoms with Gasteiger partial charge in [-0.15, -0.1) is 12.6 Å². The molecule has 0 saturated carbocycles. The van der Waals surface area contributed by atoms with Crippen molar-refractivity contribution in [3.63, 3.8) is 0 Å². The minimum Gasteiger partial charge on any atom is -0.292 e. The molecule has 0 unspecified atom stereocenters. The Balaban J connectivity index is 2.93. The second-order valence-corrected chi connectivity index (χ2v) is 2.38. The van der Waals surface area contributed by atoms with Crippen LogP contribution >= 0.6 is 12.6 Å². The Morgan fingerprint density at radius 2 is 2.30 bits per heavy atom. The van der Waals surface area contributed by atoms with Crippen molar-refractivity contribution < 1.29 is 0 Å². The van der Waals surface area contributed by atoms with Crippen molar-refractivity contribution >= 4 is 18.3 Å². The van der Waals surface area contributed by atoms with E-state index in [1.54, 1.807) is 18.6 Å². The van der Waals surface area contributed by atoms with Gasteiger partial charge in [-0.2, -0.15) is 0 Å². The van der Waals surface area contributed by atoms with Crippen LogP contribution in [0.15, 0.2) is 29.8 Å². The van der Waals surface area contributed by atoms with Gasteiger partial charge in [-0.3, -0.25) is 9.38 Å². The molecule has 50 valence electrons. The van der Waals surface area contributed by atoms with Gasteiger partial charge in [-0.25, -0.2) is 4.98 Å². The number of nitrogens with zero attached hydrogens (tertiary/aromatic N) is 3. The van der Waals surface area contributed by atoms with Crippen molar-refractivity contribution in [1.82, 2.24) is 14.4 Å². The molecule has 0 aliphatic carbocycles. The number of fused-ring (bicyclic) bond motifs is 1. The lowest BCUT2D eigenvalue weighted by molar-refractivity contribution is 1.03. The van der Waals surface area contributed by atoms with E-state index in [0.717, 1.165) is 10.7 Å². The van der Waals surface area contributed by atoms with Gasteiger partial charge < -0.3 is 0 Å². The van der Waals surface area contributed by atoms with Gasteiger partial charge in [0.15, 0.2) is 5.65 Å². The van der Waals surface area contributed by atoms with Crippen LogP contribution in [0.4, 0.5) is 0 Å². The van der Waals surface area contributed by atoms with Crippen LogP contribution in [0.2, 0.25) is 0 Å². The van der Waals surface area contributed by atoms with Crippen molar-refractivity contribution in [3.05, 3.63) is 24.8 Å². The molecule has 0 N–H and O–H groups in total. The predicted molar refractivity (Wildman–Crippen MR) is 40.2 cm³/mol. The Morgan fingerprint density at radius 3 is 3.10 bits per heavy atom. The first-order chi connectivity index (χ1) is 4.88. The van der Waals surface area contributed by atoms with Crippen molar-refractivity contribution in [2.45, 2.75) is 5.03 Å². The molecule has 3 nitrogen and oxygen atoms in total. The van der Waals surface area contributed by atoms with Crippen molar-refractivity contribution in [2.75, 3.05) is 0 Å². The van der Waals surface area contributed by atoms with Crippen LogP contribution < -0.4 is 0 Å². The number of aromatic nitrogens is 3. The van der Waals surface area contributed by atoms with Gasteiger partial charge in [0.25, 0.3) is 0 Å². The highest BCUT2D eigenvalue weighted by atomic mass is 32.1. The molecule has 2 rings (SSSR count). The van der Waals surface area contributed by atoms with Gasteiger partial charge in [0.2, 0.25) is 0 Å². The van der Waals surface area contributed by atoms with E-state index in [1.807, 2.05) is 10.6 Å². The van der Waals surface area contributed by atoms with E-state index in [0.29, 0.717) is 0 Å². The van der Waals surface area contributed by atoms with E-state index in [1.165, 1.54) is 0 Å². The van der Waals surface area contributed by atoms with E-state index in [9.17, 15) is 0 Å². The molecule has 2 aromatic rings. The zero-order valence-electron chi connectivity index (χ0n) is 5.10. The number of rotatable bonds is 0. The van der Waals surface area contributed by atoms with Crippen LogP contribution in [0, 0.1) is 0 Å². The van der Waals surface area contributed by atoms with E-state index in [-0.39, 0.29) is 0 Å². The van der Waals surface area contributed by atoms with E-state index in [4.69, 9.17) is 0 Å². The summed E-state index contributed by atoms with van der Waals surface area (Å²) in [4.78, 5) is 7.95. The van der Waals surface area contributed by atoms with Gasteiger partial charge in [0, 0.05) is 12.4 Å². The Kier molecular flexibility index (Phi) is 1.14. The zero-order chi connectivity index (χ0) is 6.97. The molecule has 0 aromatic carbocycles. The highest BCUT2D eigenvalue weighted by Crippen LogP contribution is 2.06. The lowest BCUT2D eigenvalue weighted by atomic mass is 10.7. The molecule has 0 atom stereocenters. The van der Waals surface area contributed by atoms with Crippen LogP contribution in [-0.2, 0) is 0 Å². The third-order valence-corrected chi connectivity index (χ3v) is 1.63. The maximum absolute atomic E-state index is 4.17. The van der Waals surface area contributed by atoms with Crippen molar-refractivity contribution in [2.24, 2.45) is 0 Å². The van der Waals surface area contributed by atoms with Crippen LogP contribution in [0.1, 0.15) is 0 Å². The van der Waals surface area contributed by atoms with E-state index < -0.39 is 0 Å². The van der Waals surface area contributed by atoms with Gasteiger partial charge in [0.1, 0.15) is 0 Å². The number of hydrogen-bond donors (Lipinski definition) is 1. The Labute approximate surface area is 63.1 Å². The normalized spacial score (nSPS) is 10.5. The van der Waals surface area contributed by atoms with Gasteiger partial charge in [0.05, 0.1) is 17.4 Å². The lowest BCUT2D eigenvalue weighted by Gasteiger charge is -1.90. The first-order valence-electron chi connectivity index (χ1n) is 2.84. The summed E-state index contributed by atoms with van der Waals surface area (Å²) in [5.41, 5.74) is 0.826. The quantitative estimate of drug-likeness (QED) is 0.570. The van der Waals surface area contributed by atoms with Gasteiger partial charge in [-0.05, 0) is 0 Å². The highest BCUT2D eigenvalue weighted by molar-refractivity contribution is 7.80. The van der Waals surface area contributed by atoms with Gasteiger partial charge in [-0.1, -0.05) is 0 Å². The average Bonchev–Trinajstić information content (AvgIpc) is 2.34. The van der Waals surface area contributed by atoms with Crippen molar-refractivity contribution in [3.8, 4) is 0 Å². The summed E-state index contributed by atoms with van der Waals surface area (Å²) in [6.45, 7) is 0. The average molecular weight is 151 g/mol. The molecule has 0 bridgehead atoms. The molecule has 0 aliphatic rings. The summed E-state index contributed by atoms with van der Waals surface area (Å²) in [5.74, 6) is 0. The smallest absolute Gasteiger partial charge is 0.156 e. The van der Waals surface area contributed by atoms with E-state index >= 15 is 0 Å². The Bertz CT molecular complexity index is 355. The fourth-order valence-electron chi connectivity index (χ4n) is 0.829. The largest absolute Gasteiger partial charge is 0.292 e. The summed E-state index contributed by atoms with van der Waals surface area (Å²) < 4.78 is 1.86. The Morgan fingerprint density at radius 1 is 1.40 bits per heavy atom. The fraction of sp³-hybridized carbons (Fsp3) is 0. The second kappa shape index (κ2) is 1.98. The maximum Gasteiger partial charge on any atom is 0.156 e. The minimum absolute atomic E-state index is 0.826. The molecule has 0 aliphatic heterocycles. The topological polar surface area (TPSA) is 30.2 Å². The second-order valence-electron chi connectivity index (χ2n) is 1.92. The summed E-state index contributed by atoms with van der Waals surface area (Å²) in [5, 5.41) is 0.831. The summed E-state index contributed by atoms with van der Waals surface area (Å²) in [6, 6.07) is 0.